The normalized spacial score (nSPS) is 12.5. The highest BCUT2D eigenvalue weighted by molar-refractivity contribution is 5.42. The summed E-state index contributed by atoms with van der Waals surface area (Å²) in [6.45, 7) is 5.06. The average molecular weight is 283 g/mol. The molecule has 0 aliphatic heterocycles. The lowest BCUT2D eigenvalue weighted by molar-refractivity contribution is -0.0125. The number of aliphatic hydroxyl groups is 1. The molecule has 0 amide bonds. The van der Waals surface area contributed by atoms with Gasteiger partial charge in [0.25, 0.3) is 0 Å². The fourth-order valence-electron chi connectivity index (χ4n) is 1.68. The van der Waals surface area contributed by atoms with Crippen LogP contribution in [0, 0.1) is 0 Å². The van der Waals surface area contributed by atoms with Crippen molar-refractivity contribution in [3.63, 3.8) is 0 Å². The zero-order chi connectivity index (χ0) is 15.0. The van der Waals surface area contributed by atoms with E-state index in [1.807, 2.05) is 39.1 Å². The molecule has 20 heavy (non-hydrogen) atoms. The molecule has 114 valence electrons. The molecule has 1 unspecified atom stereocenters. The quantitative estimate of drug-likeness (QED) is 0.720. The van der Waals surface area contributed by atoms with Gasteiger partial charge in [0.1, 0.15) is 12.7 Å². The summed E-state index contributed by atoms with van der Waals surface area (Å²) in [7, 11) is 3.49. The van der Waals surface area contributed by atoms with Gasteiger partial charge in [-0.15, -0.1) is 0 Å². The molecule has 0 fully saturated rings. The van der Waals surface area contributed by atoms with E-state index in [-0.39, 0.29) is 19.3 Å². The first-order valence-electron chi connectivity index (χ1n) is 6.80. The third kappa shape index (κ3) is 5.77. The van der Waals surface area contributed by atoms with Gasteiger partial charge in [-0.1, -0.05) is 6.07 Å². The number of methoxy groups -OCH3 is 1. The second kappa shape index (κ2) is 8.79. The molecule has 0 bridgehead atoms. The predicted molar refractivity (Wildman–Crippen MR) is 78.3 cm³/mol. The van der Waals surface area contributed by atoms with E-state index >= 15 is 0 Å². The van der Waals surface area contributed by atoms with E-state index in [0.29, 0.717) is 11.5 Å². The SMILES string of the molecule is CNCc1ccc(OCC(O)COC(C)C)c(OC)c1. The van der Waals surface area contributed by atoms with Crippen LogP contribution in [0.25, 0.3) is 0 Å². The summed E-state index contributed by atoms with van der Waals surface area (Å²) in [6, 6.07) is 5.73. The third-order valence-corrected chi connectivity index (χ3v) is 2.66. The minimum Gasteiger partial charge on any atom is -0.493 e. The van der Waals surface area contributed by atoms with Crippen molar-refractivity contribution in [3.05, 3.63) is 23.8 Å². The van der Waals surface area contributed by atoms with Crippen molar-refractivity contribution in [2.75, 3.05) is 27.4 Å². The molecule has 0 heterocycles. The minimum absolute atomic E-state index is 0.0972. The molecule has 0 radical (unpaired) electrons. The molecule has 0 aliphatic carbocycles. The second-order valence-electron chi connectivity index (χ2n) is 4.86. The molecular formula is C15H25NO4. The van der Waals surface area contributed by atoms with E-state index < -0.39 is 6.10 Å². The number of hydrogen-bond acceptors (Lipinski definition) is 5. The van der Waals surface area contributed by atoms with Gasteiger partial charge in [-0.3, -0.25) is 0 Å². The number of hydrogen-bond donors (Lipinski definition) is 2. The molecule has 1 aromatic rings. The van der Waals surface area contributed by atoms with Gasteiger partial charge in [0, 0.05) is 6.54 Å². The van der Waals surface area contributed by atoms with Crippen LogP contribution in [-0.4, -0.2) is 44.7 Å². The minimum atomic E-state index is -0.654. The van der Waals surface area contributed by atoms with E-state index in [1.54, 1.807) is 7.11 Å². The monoisotopic (exact) mass is 283 g/mol. The van der Waals surface area contributed by atoms with Gasteiger partial charge < -0.3 is 24.6 Å². The Morgan fingerprint density at radius 2 is 1.95 bits per heavy atom. The maximum absolute atomic E-state index is 9.76. The van der Waals surface area contributed by atoms with Gasteiger partial charge in [-0.25, -0.2) is 0 Å². The molecule has 0 spiro atoms. The van der Waals surface area contributed by atoms with Crippen LogP contribution in [0.1, 0.15) is 19.4 Å². The lowest BCUT2D eigenvalue weighted by Gasteiger charge is -2.16. The first kappa shape index (κ1) is 16.8. The Bertz CT molecular complexity index is 395. The molecule has 1 aromatic carbocycles. The number of nitrogens with one attached hydrogen (secondary N) is 1. The highest BCUT2D eigenvalue weighted by atomic mass is 16.5. The van der Waals surface area contributed by atoms with E-state index in [1.165, 1.54) is 0 Å². The van der Waals surface area contributed by atoms with Gasteiger partial charge in [0.05, 0.1) is 19.8 Å². The summed E-state index contributed by atoms with van der Waals surface area (Å²) >= 11 is 0. The van der Waals surface area contributed by atoms with E-state index in [9.17, 15) is 5.11 Å². The standard InChI is InChI=1S/C15H25NO4/c1-11(2)19-9-13(17)10-20-14-6-5-12(8-16-3)7-15(14)18-4/h5-7,11,13,16-17H,8-10H2,1-4H3. The summed E-state index contributed by atoms with van der Waals surface area (Å²) in [5.41, 5.74) is 1.11. The van der Waals surface area contributed by atoms with Gasteiger partial charge in [0.2, 0.25) is 0 Å². The summed E-state index contributed by atoms with van der Waals surface area (Å²) in [5.74, 6) is 1.28. The average Bonchev–Trinajstić information content (AvgIpc) is 2.43. The van der Waals surface area contributed by atoms with Crippen LogP contribution in [0.2, 0.25) is 0 Å². The third-order valence-electron chi connectivity index (χ3n) is 2.66. The van der Waals surface area contributed by atoms with E-state index in [2.05, 4.69) is 5.32 Å². The first-order chi connectivity index (χ1) is 9.56. The Hall–Kier alpha value is -1.30. The smallest absolute Gasteiger partial charge is 0.161 e. The van der Waals surface area contributed by atoms with Crippen molar-refractivity contribution in [3.8, 4) is 11.5 Å². The van der Waals surface area contributed by atoms with Crippen LogP contribution < -0.4 is 14.8 Å². The van der Waals surface area contributed by atoms with Crippen molar-refractivity contribution >= 4 is 0 Å². The van der Waals surface area contributed by atoms with Crippen molar-refractivity contribution in [2.24, 2.45) is 0 Å². The fraction of sp³-hybridized carbons (Fsp3) is 0.600. The van der Waals surface area contributed by atoms with Crippen molar-refractivity contribution < 1.29 is 19.3 Å². The highest BCUT2D eigenvalue weighted by Crippen LogP contribution is 2.28. The van der Waals surface area contributed by atoms with Gasteiger partial charge in [0.15, 0.2) is 11.5 Å². The molecule has 2 N–H and O–H groups in total. The predicted octanol–water partition coefficient (Wildman–Crippen LogP) is 1.58. The van der Waals surface area contributed by atoms with Gasteiger partial charge >= 0.3 is 0 Å². The zero-order valence-corrected chi connectivity index (χ0v) is 12.7. The molecule has 0 aliphatic rings. The Balaban J connectivity index is 2.54. The molecule has 5 nitrogen and oxygen atoms in total. The van der Waals surface area contributed by atoms with E-state index in [4.69, 9.17) is 14.2 Å². The number of rotatable bonds is 9. The van der Waals surface area contributed by atoms with Gasteiger partial charge in [-0.2, -0.15) is 0 Å². The zero-order valence-electron chi connectivity index (χ0n) is 12.7. The van der Waals surface area contributed by atoms with Gasteiger partial charge in [-0.05, 0) is 38.6 Å². The van der Waals surface area contributed by atoms with Crippen LogP contribution >= 0.6 is 0 Å². The molecule has 1 atom stereocenters. The van der Waals surface area contributed by atoms with Crippen LogP contribution in [0.4, 0.5) is 0 Å². The summed E-state index contributed by atoms with van der Waals surface area (Å²) in [4.78, 5) is 0. The molecule has 0 saturated carbocycles. The Kier molecular flexibility index (Phi) is 7.36. The van der Waals surface area contributed by atoms with Crippen LogP contribution in [0.15, 0.2) is 18.2 Å². The summed E-state index contributed by atoms with van der Waals surface area (Å²) < 4.78 is 16.2. The maximum atomic E-state index is 9.76. The Labute approximate surface area is 120 Å². The van der Waals surface area contributed by atoms with Crippen LogP contribution in [0.5, 0.6) is 11.5 Å². The lowest BCUT2D eigenvalue weighted by atomic mass is 10.2. The fourth-order valence-corrected chi connectivity index (χ4v) is 1.68. The molecular weight excluding hydrogens is 258 g/mol. The topological polar surface area (TPSA) is 60.0 Å². The summed E-state index contributed by atoms with van der Waals surface area (Å²) in [5, 5.41) is 12.8. The van der Waals surface area contributed by atoms with Crippen LogP contribution in [0.3, 0.4) is 0 Å². The molecule has 1 rings (SSSR count). The number of aliphatic hydroxyl groups excluding tert-OH is 1. The first-order valence-corrected chi connectivity index (χ1v) is 6.80. The molecule has 5 heteroatoms. The largest absolute Gasteiger partial charge is 0.493 e. The lowest BCUT2D eigenvalue weighted by Crippen LogP contribution is -2.25. The Morgan fingerprint density at radius 1 is 1.20 bits per heavy atom. The van der Waals surface area contributed by atoms with Crippen LogP contribution in [-0.2, 0) is 11.3 Å². The molecule has 0 saturated heterocycles. The summed E-state index contributed by atoms with van der Waals surface area (Å²) in [6.07, 6.45) is -0.556. The Morgan fingerprint density at radius 3 is 2.55 bits per heavy atom. The maximum Gasteiger partial charge on any atom is 0.161 e. The second-order valence-corrected chi connectivity index (χ2v) is 4.86. The van der Waals surface area contributed by atoms with Crippen molar-refractivity contribution in [1.29, 1.82) is 0 Å². The van der Waals surface area contributed by atoms with E-state index in [0.717, 1.165) is 12.1 Å². The van der Waals surface area contributed by atoms with Crippen molar-refractivity contribution in [2.45, 2.75) is 32.6 Å². The number of ether oxygens (including phenoxy) is 3. The van der Waals surface area contributed by atoms with Crippen molar-refractivity contribution in [1.82, 2.24) is 5.32 Å². The highest BCUT2D eigenvalue weighted by Gasteiger charge is 2.10. The number of benzene rings is 1. The molecule has 0 aromatic heterocycles.